The number of benzene rings is 1. The molecular formula is C11H13BrF3N3S. The SMILES string of the molecule is CN(C(N)=NSCCBr)c1cccc(C(F)(F)F)c1. The zero-order chi connectivity index (χ0) is 14.5. The van der Waals surface area contributed by atoms with Gasteiger partial charge in [-0.1, -0.05) is 22.0 Å². The predicted molar refractivity (Wildman–Crippen MR) is 77.7 cm³/mol. The monoisotopic (exact) mass is 355 g/mol. The maximum Gasteiger partial charge on any atom is 0.416 e. The molecule has 0 radical (unpaired) electrons. The summed E-state index contributed by atoms with van der Waals surface area (Å²) in [6.45, 7) is 0. The van der Waals surface area contributed by atoms with Crippen molar-refractivity contribution >= 4 is 39.5 Å². The molecule has 0 aromatic heterocycles. The van der Waals surface area contributed by atoms with E-state index < -0.39 is 11.7 Å². The lowest BCUT2D eigenvalue weighted by Crippen LogP contribution is -2.33. The molecule has 8 heteroatoms. The Morgan fingerprint density at radius 1 is 1.47 bits per heavy atom. The Balaban J connectivity index is 2.88. The van der Waals surface area contributed by atoms with Crippen molar-refractivity contribution in [3.8, 4) is 0 Å². The summed E-state index contributed by atoms with van der Waals surface area (Å²) in [6, 6.07) is 4.95. The Labute approximate surface area is 122 Å². The van der Waals surface area contributed by atoms with Gasteiger partial charge in [-0.25, -0.2) is 0 Å². The average Bonchev–Trinajstić information content (AvgIpc) is 2.37. The van der Waals surface area contributed by atoms with Crippen molar-refractivity contribution in [2.24, 2.45) is 10.1 Å². The molecule has 0 heterocycles. The molecule has 19 heavy (non-hydrogen) atoms. The van der Waals surface area contributed by atoms with Gasteiger partial charge in [0.1, 0.15) is 0 Å². The molecule has 0 aliphatic carbocycles. The van der Waals surface area contributed by atoms with E-state index >= 15 is 0 Å². The van der Waals surface area contributed by atoms with Gasteiger partial charge in [0, 0.05) is 23.8 Å². The third-order valence-corrected chi connectivity index (χ3v) is 3.86. The van der Waals surface area contributed by atoms with E-state index in [1.54, 1.807) is 13.1 Å². The Morgan fingerprint density at radius 3 is 2.74 bits per heavy atom. The first-order chi connectivity index (χ1) is 8.86. The van der Waals surface area contributed by atoms with Gasteiger partial charge in [-0.3, -0.25) is 0 Å². The number of nitrogens with two attached hydrogens (primary N) is 1. The van der Waals surface area contributed by atoms with Gasteiger partial charge in [-0.05, 0) is 30.1 Å². The fourth-order valence-electron chi connectivity index (χ4n) is 1.23. The largest absolute Gasteiger partial charge is 0.416 e. The van der Waals surface area contributed by atoms with Gasteiger partial charge >= 0.3 is 6.18 Å². The van der Waals surface area contributed by atoms with Crippen molar-refractivity contribution in [1.29, 1.82) is 0 Å². The van der Waals surface area contributed by atoms with Gasteiger partial charge in [0.15, 0.2) is 0 Å². The van der Waals surface area contributed by atoms with Crippen LogP contribution in [0.1, 0.15) is 5.56 Å². The molecular weight excluding hydrogens is 343 g/mol. The molecule has 1 aromatic carbocycles. The highest BCUT2D eigenvalue weighted by Crippen LogP contribution is 2.31. The van der Waals surface area contributed by atoms with E-state index in [0.29, 0.717) is 5.69 Å². The molecule has 3 nitrogen and oxygen atoms in total. The Hall–Kier alpha value is -0.890. The maximum atomic E-state index is 12.6. The molecule has 0 atom stereocenters. The normalized spacial score (nSPS) is 12.6. The summed E-state index contributed by atoms with van der Waals surface area (Å²) in [4.78, 5) is 1.41. The van der Waals surface area contributed by atoms with E-state index in [9.17, 15) is 13.2 Å². The van der Waals surface area contributed by atoms with Crippen LogP contribution in [0, 0.1) is 0 Å². The summed E-state index contributed by atoms with van der Waals surface area (Å²) in [5.41, 5.74) is 5.34. The van der Waals surface area contributed by atoms with Gasteiger partial charge in [0.2, 0.25) is 5.96 Å². The molecule has 1 aromatic rings. The molecule has 0 aliphatic rings. The van der Waals surface area contributed by atoms with Crippen LogP contribution in [0.2, 0.25) is 0 Å². The van der Waals surface area contributed by atoms with Gasteiger partial charge in [0.05, 0.1) is 5.56 Å². The van der Waals surface area contributed by atoms with Crippen molar-refractivity contribution in [2.45, 2.75) is 6.18 Å². The molecule has 0 aliphatic heterocycles. The number of hydrogen-bond acceptors (Lipinski definition) is 2. The molecule has 0 spiro atoms. The molecule has 0 bridgehead atoms. The second kappa shape index (κ2) is 7.04. The van der Waals surface area contributed by atoms with E-state index in [2.05, 4.69) is 20.3 Å². The first-order valence-electron chi connectivity index (χ1n) is 5.28. The van der Waals surface area contributed by atoms with Crippen molar-refractivity contribution in [1.82, 2.24) is 0 Å². The van der Waals surface area contributed by atoms with Crippen LogP contribution in [0.4, 0.5) is 18.9 Å². The zero-order valence-corrected chi connectivity index (χ0v) is 12.5. The van der Waals surface area contributed by atoms with Gasteiger partial charge in [0.25, 0.3) is 0 Å². The predicted octanol–water partition coefficient (Wildman–Crippen LogP) is 3.50. The number of guanidine groups is 1. The first kappa shape index (κ1) is 16.2. The van der Waals surface area contributed by atoms with Gasteiger partial charge < -0.3 is 10.6 Å². The summed E-state index contributed by atoms with van der Waals surface area (Å²) >= 11 is 4.49. The van der Waals surface area contributed by atoms with Crippen LogP contribution in [0.3, 0.4) is 0 Å². The third kappa shape index (κ3) is 4.94. The molecule has 0 amide bonds. The van der Waals surface area contributed by atoms with Crippen LogP contribution >= 0.6 is 27.9 Å². The van der Waals surface area contributed by atoms with Crippen molar-refractivity contribution < 1.29 is 13.2 Å². The van der Waals surface area contributed by atoms with Crippen LogP contribution in [-0.2, 0) is 6.18 Å². The fraction of sp³-hybridized carbons (Fsp3) is 0.364. The second-order valence-corrected chi connectivity index (χ2v) is 5.22. The number of nitrogens with zero attached hydrogens (tertiary/aromatic N) is 2. The Morgan fingerprint density at radius 2 is 2.16 bits per heavy atom. The highest BCUT2D eigenvalue weighted by atomic mass is 79.9. The van der Waals surface area contributed by atoms with Crippen molar-refractivity contribution in [3.63, 3.8) is 0 Å². The van der Waals surface area contributed by atoms with E-state index in [1.807, 2.05) is 0 Å². The van der Waals surface area contributed by atoms with Crippen LogP contribution < -0.4 is 10.6 Å². The van der Waals surface area contributed by atoms with Crippen LogP contribution in [0.25, 0.3) is 0 Å². The van der Waals surface area contributed by atoms with Crippen LogP contribution in [-0.4, -0.2) is 24.1 Å². The number of anilines is 1. The molecule has 106 valence electrons. The highest BCUT2D eigenvalue weighted by molar-refractivity contribution is 9.09. The van der Waals surface area contributed by atoms with Crippen molar-refractivity contribution in [2.75, 3.05) is 23.0 Å². The summed E-state index contributed by atoms with van der Waals surface area (Å²) < 4.78 is 41.8. The minimum Gasteiger partial charge on any atom is -0.369 e. The highest BCUT2D eigenvalue weighted by Gasteiger charge is 2.30. The topological polar surface area (TPSA) is 41.6 Å². The van der Waals surface area contributed by atoms with Crippen LogP contribution in [0.5, 0.6) is 0 Å². The second-order valence-electron chi connectivity index (χ2n) is 3.58. The van der Waals surface area contributed by atoms with E-state index in [-0.39, 0.29) is 5.96 Å². The van der Waals surface area contributed by atoms with E-state index in [4.69, 9.17) is 5.73 Å². The first-order valence-corrected chi connectivity index (χ1v) is 7.35. The minimum absolute atomic E-state index is 0.158. The molecule has 0 saturated carbocycles. The average molecular weight is 356 g/mol. The van der Waals surface area contributed by atoms with Crippen LogP contribution in [0.15, 0.2) is 28.7 Å². The Kier molecular flexibility index (Phi) is 5.99. The Bertz CT molecular complexity index is 451. The number of alkyl halides is 4. The minimum atomic E-state index is -4.37. The quantitative estimate of drug-likeness (QED) is 0.295. The number of hydrogen-bond donors (Lipinski definition) is 1. The third-order valence-electron chi connectivity index (χ3n) is 2.23. The fourth-order valence-corrected chi connectivity index (χ4v) is 2.08. The number of rotatable bonds is 4. The summed E-state index contributed by atoms with van der Waals surface area (Å²) in [6.07, 6.45) is -4.37. The van der Waals surface area contributed by atoms with E-state index in [1.165, 1.54) is 22.9 Å². The summed E-state index contributed by atoms with van der Waals surface area (Å²) in [5, 5.41) is 0.766. The molecule has 0 unspecified atom stereocenters. The number of halogens is 4. The molecule has 0 fully saturated rings. The smallest absolute Gasteiger partial charge is 0.369 e. The van der Waals surface area contributed by atoms with Gasteiger partial charge in [-0.2, -0.15) is 17.6 Å². The standard InChI is InChI=1S/C11H13BrF3N3S/c1-18(10(16)17-19-6-5-12)9-4-2-3-8(7-9)11(13,14)15/h2-4,7H,5-6H2,1H3,(H2,16,17). The molecule has 1 rings (SSSR count). The summed E-state index contributed by atoms with van der Waals surface area (Å²) in [7, 11) is 1.57. The lowest BCUT2D eigenvalue weighted by molar-refractivity contribution is -0.137. The summed E-state index contributed by atoms with van der Waals surface area (Å²) in [5.74, 6) is 0.891. The van der Waals surface area contributed by atoms with E-state index in [0.717, 1.165) is 23.2 Å². The lowest BCUT2D eigenvalue weighted by Gasteiger charge is -2.19. The zero-order valence-electron chi connectivity index (χ0n) is 10.1. The maximum absolute atomic E-state index is 12.6. The van der Waals surface area contributed by atoms with Crippen molar-refractivity contribution in [3.05, 3.63) is 29.8 Å². The molecule has 0 saturated heterocycles. The molecule has 2 N–H and O–H groups in total. The van der Waals surface area contributed by atoms with Gasteiger partial charge in [-0.15, -0.1) is 0 Å². The lowest BCUT2D eigenvalue weighted by atomic mass is 10.2.